The monoisotopic (exact) mass is 619 g/mol. The van der Waals surface area contributed by atoms with Crippen LogP contribution in [0, 0.1) is 0 Å². The summed E-state index contributed by atoms with van der Waals surface area (Å²) in [7, 11) is 0. The molecule has 0 aromatic heterocycles. The lowest BCUT2D eigenvalue weighted by Gasteiger charge is -2.13. The Morgan fingerprint density at radius 1 is 0.970 bits per heavy atom. The van der Waals surface area contributed by atoms with Crippen molar-refractivity contribution < 1.29 is 19.1 Å². The average Bonchev–Trinajstić information content (AvgIpc) is 2.77. The molecule has 0 saturated carbocycles. The molecular weight excluding hydrogens is 598 g/mol. The predicted molar refractivity (Wildman–Crippen MR) is 140 cm³/mol. The molecule has 2 rings (SSSR count). The van der Waals surface area contributed by atoms with Crippen molar-refractivity contribution in [1.29, 1.82) is 0 Å². The SMILES string of the molecule is CCCCCCOc1ccc(C(=O)NC(=S)NNC(=O)COc2ccc(Cl)cc2Br)cc1Br. The van der Waals surface area contributed by atoms with Gasteiger partial charge in [0.05, 0.1) is 15.6 Å². The quantitative estimate of drug-likeness (QED) is 0.184. The summed E-state index contributed by atoms with van der Waals surface area (Å²) in [6.45, 7) is 2.51. The third kappa shape index (κ3) is 9.87. The number of hydrazine groups is 1. The van der Waals surface area contributed by atoms with Gasteiger partial charge in [0, 0.05) is 10.6 Å². The van der Waals surface area contributed by atoms with Gasteiger partial charge in [0.25, 0.3) is 11.8 Å². The Balaban J connectivity index is 1.75. The molecule has 2 aromatic carbocycles. The summed E-state index contributed by atoms with van der Waals surface area (Å²) in [5.41, 5.74) is 5.20. The van der Waals surface area contributed by atoms with Crippen LogP contribution >= 0.6 is 55.7 Å². The van der Waals surface area contributed by atoms with Crippen LogP contribution in [-0.2, 0) is 4.79 Å². The largest absolute Gasteiger partial charge is 0.492 e. The third-order valence-electron chi connectivity index (χ3n) is 4.24. The first-order valence-corrected chi connectivity index (χ1v) is 12.6. The summed E-state index contributed by atoms with van der Waals surface area (Å²) in [5.74, 6) is 0.211. The van der Waals surface area contributed by atoms with E-state index in [4.69, 9.17) is 33.3 Å². The molecule has 0 spiro atoms. The molecule has 7 nitrogen and oxygen atoms in total. The first-order valence-electron chi connectivity index (χ1n) is 10.2. The molecule has 0 fully saturated rings. The number of halogens is 3. The maximum absolute atomic E-state index is 12.4. The molecule has 0 heterocycles. The fraction of sp³-hybridized carbons (Fsp3) is 0.318. The maximum atomic E-state index is 12.4. The standard InChI is InChI=1S/C22H24Br2ClN3O4S/c1-2-3-4-5-10-31-18-8-6-14(11-16(18)23)21(30)26-22(33)28-27-20(29)13-32-19-9-7-15(25)12-17(19)24/h6-9,11-12H,2-5,10,13H2,1H3,(H,27,29)(H2,26,28,30,33). The molecule has 0 aliphatic rings. The molecule has 178 valence electrons. The Morgan fingerprint density at radius 3 is 2.36 bits per heavy atom. The van der Waals surface area contributed by atoms with Gasteiger partial charge in [-0.25, -0.2) is 0 Å². The van der Waals surface area contributed by atoms with E-state index in [2.05, 4.69) is 55.0 Å². The topological polar surface area (TPSA) is 88.7 Å². The minimum atomic E-state index is -0.489. The van der Waals surface area contributed by atoms with Gasteiger partial charge < -0.3 is 9.47 Å². The van der Waals surface area contributed by atoms with Gasteiger partial charge in [-0.15, -0.1) is 0 Å². The van der Waals surface area contributed by atoms with Crippen LogP contribution in [-0.4, -0.2) is 30.1 Å². The number of carbonyl (C=O) groups is 2. The lowest BCUT2D eigenvalue weighted by Crippen LogP contribution is -2.49. The Morgan fingerprint density at radius 2 is 1.67 bits per heavy atom. The number of carbonyl (C=O) groups excluding carboxylic acids is 2. The van der Waals surface area contributed by atoms with Crippen LogP contribution in [0.4, 0.5) is 0 Å². The molecule has 11 heteroatoms. The number of amides is 2. The number of hydrogen-bond acceptors (Lipinski definition) is 5. The molecule has 33 heavy (non-hydrogen) atoms. The van der Waals surface area contributed by atoms with E-state index in [9.17, 15) is 9.59 Å². The van der Waals surface area contributed by atoms with Crippen LogP contribution in [0.2, 0.25) is 5.02 Å². The van der Waals surface area contributed by atoms with Gasteiger partial charge in [0.15, 0.2) is 11.7 Å². The van der Waals surface area contributed by atoms with Crippen LogP contribution in [0.5, 0.6) is 11.5 Å². The molecular formula is C22H24Br2ClN3O4S. The molecule has 0 unspecified atom stereocenters. The summed E-state index contributed by atoms with van der Waals surface area (Å²) in [4.78, 5) is 24.4. The Kier molecular flexibility index (Phi) is 11.9. The molecule has 2 aromatic rings. The van der Waals surface area contributed by atoms with Gasteiger partial charge in [-0.1, -0.05) is 37.8 Å². The van der Waals surface area contributed by atoms with Gasteiger partial charge in [-0.3, -0.25) is 25.8 Å². The highest BCUT2D eigenvalue weighted by molar-refractivity contribution is 9.10. The zero-order valence-corrected chi connectivity index (χ0v) is 22.6. The maximum Gasteiger partial charge on any atom is 0.276 e. The Hall–Kier alpha value is -1.88. The van der Waals surface area contributed by atoms with Crippen molar-refractivity contribution in [3.05, 3.63) is 55.9 Å². The fourth-order valence-electron chi connectivity index (χ4n) is 2.57. The molecule has 0 saturated heterocycles. The van der Waals surface area contributed by atoms with E-state index < -0.39 is 11.8 Å². The van der Waals surface area contributed by atoms with E-state index in [-0.39, 0.29) is 11.7 Å². The number of ether oxygens (including phenoxy) is 2. The van der Waals surface area contributed by atoms with E-state index in [0.717, 1.165) is 12.8 Å². The normalized spacial score (nSPS) is 10.3. The molecule has 3 N–H and O–H groups in total. The first kappa shape index (κ1) is 27.4. The van der Waals surface area contributed by atoms with Crippen molar-refractivity contribution in [1.82, 2.24) is 16.2 Å². The van der Waals surface area contributed by atoms with Gasteiger partial charge in [0.1, 0.15) is 11.5 Å². The van der Waals surface area contributed by atoms with Gasteiger partial charge in [0.2, 0.25) is 0 Å². The minimum absolute atomic E-state index is 0.0617. The van der Waals surface area contributed by atoms with Crippen LogP contribution in [0.3, 0.4) is 0 Å². The molecule has 0 radical (unpaired) electrons. The van der Waals surface area contributed by atoms with Crippen LogP contribution in [0.25, 0.3) is 0 Å². The highest BCUT2D eigenvalue weighted by atomic mass is 79.9. The molecule has 0 aliphatic heterocycles. The zero-order valence-electron chi connectivity index (χ0n) is 17.9. The van der Waals surface area contributed by atoms with E-state index >= 15 is 0 Å². The van der Waals surface area contributed by atoms with Crippen molar-refractivity contribution in [3.63, 3.8) is 0 Å². The lowest BCUT2D eigenvalue weighted by atomic mass is 10.2. The molecule has 0 atom stereocenters. The lowest BCUT2D eigenvalue weighted by molar-refractivity contribution is -0.123. The highest BCUT2D eigenvalue weighted by Crippen LogP contribution is 2.28. The minimum Gasteiger partial charge on any atom is -0.492 e. The van der Waals surface area contributed by atoms with E-state index in [0.29, 0.717) is 37.6 Å². The number of rotatable bonds is 10. The Labute approximate surface area is 220 Å². The van der Waals surface area contributed by atoms with E-state index in [1.165, 1.54) is 12.8 Å². The number of unbranched alkanes of at least 4 members (excludes halogenated alkanes) is 3. The van der Waals surface area contributed by atoms with Crippen molar-refractivity contribution >= 4 is 72.6 Å². The average molecular weight is 622 g/mol. The van der Waals surface area contributed by atoms with E-state index in [1.54, 1.807) is 36.4 Å². The summed E-state index contributed by atoms with van der Waals surface area (Å²) < 4.78 is 12.4. The number of thiocarbonyl (C=S) groups is 1. The predicted octanol–water partition coefficient (Wildman–Crippen LogP) is 5.54. The highest BCUT2D eigenvalue weighted by Gasteiger charge is 2.12. The van der Waals surface area contributed by atoms with Gasteiger partial charge in [-0.05, 0) is 86.9 Å². The van der Waals surface area contributed by atoms with Gasteiger partial charge in [-0.2, -0.15) is 0 Å². The fourth-order valence-corrected chi connectivity index (χ4v) is 4.01. The van der Waals surface area contributed by atoms with Crippen molar-refractivity contribution in [3.8, 4) is 11.5 Å². The van der Waals surface area contributed by atoms with Crippen LogP contribution in [0.1, 0.15) is 43.0 Å². The van der Waals surface area contributed by atoms with Crippen LogP contribution < -0.4 is 25.6 Å². The zero-order chi connectivity index (χ0) is 24.2. The number of hydrogen-bond donors (Lipinski definition) is 3. The van der Waals surface area contributed by atoms with Gasteiger partial charge >= 0.3 is 0 Å². The second-order valence-corrected chi connectivity index (χ2v) is 9.43. The third-order valence-corrected chi connectivity index (χ3v) is 5.92. The van der Waals surface area contributed by atoms with Crippen molar-refractivity contribution in [2.75, 3.05) is 13.2 Å². The number of benzene rings is 2. The summed E-state index contributed by atoms with van der Waals surface area (Å²) in [5, 5.41) is 2.97. The second kappa shape index (κ2) is 14.4. The summed E-state index contributed by atoms with van der Waals surface area (Å²) in [6.07, 6.45) is 4.46. The van der Waals surface area contributed by atoms with Crippen molar-refractivity contribution in [2.24, 2.45) is 0 Å². The molecule has 0 bridgehead atoms. The van der Waals surface area contributed by atoms with E-state index in [1.807, 2.05) is 0 Å². The van der Waals surface area contributed by atoms with Crippen LogP contribution in [0.15, 0.2) is 45.3 Å². The second-order valence-electron chi connectivity index (χ2n) is 6.87. The summed E-state index contributed by atoms with van der Waals surface area (Å²) >= 11 is 17.7. The molecule has 2 amide bonds. The molecule has 0 aliphatic carbocycles. The summed E-state index contributed by atoms with van der Waals surface area (Å²) in [6, 6.07) is 9.95. The van der Waals surface area contributed by atoms with Crippen molar-refractivity contribution in [2.45, 2.75) is 32.6 Å². The number of nitrogens with one attached hydrogen (secondary N) is 3. The smallest absolute Gasteiger partial charge is 0.276 e. The first-order chi connectivity index (χ1) is 15.8. The Bertz CT molecular complexity index is 994.